The van der Waals surface area contributed by atoms with Crippen LogP contribution in [0.1, 0.15) is 5.56 Å². The van der Waals surface area contributed by atoms with Gasteiger partial charge in [-0.3, -0.25) is 5.73 Å². The minimum absolute atomic E-state index is 0.334. The van der Waals surface area contributed by atoms with Gasteiger partial charge in [-0.25, -0.2) is 0 Å². The van der Waals surface area contributed by atoms with Gasteiger partial charge in [0.1, 0.15) is 0 Å². The molecule has 0 bridgehead atoms. The zero-order valence-electron chi connectivity index (χ0n) is 5.50. The largest absolute Gasteiger partial charge is 0.350 e. The molecule has 0 aliphatic carbocycles. The quantitative estimate of drug-likeness (QED) is 0.486. The highest BCUT2D eigenvalue weighted by atomic mass is 79.9. The van der Waals surface area contributed by atoms with E-state index in [4.69, 9.17) is 10.9 Å². The molecule has 1 aromatic rings. The Kier molecular flexibility index (Phi) is 1.80. The lowest BCUT2D eigenvalue weighted by molar-refractivity contribution is -0.893. The number of anilines is 1. The van der Waals surface area contributed by atoms with Crippen LogP contribution in [0.15, 0.2) is 16.7 Å². The molecule has 4 heteroatoms. The summed E-state index contributed by atoms with van der Waals surface area (Å²) in [6.07, 6.45) is 1.50. The molecule has 10 heavy (non-hydrogen) atoms. The van der Waals surface area contributed by atoms with Crippen molar-refractivity contribution >= 4 is 21.7 Å². The molecule has 3 nitrogen and oxygen atoms in total. The summed E-state index contributed by atoms with van der Waals surface area (Å²) in [5.74, 6) is 0.334. The fourth-order valence-electron chi connectivity index (χ4n) is 0.641. The number of halogens is 1. The van der Waals surface area contributed by atoms with Crippen LogP contribution >= 0.6 is 15.9 Å². The topological polar surface area (TPSA) is 50.1 Å². The predicted octanol–water partition coefficient (Wildman–Crippen LogP) is 0.865. The third-order valence-electron chi connectivity index (χ3n) is 1.24. The number of nitrogens with two attached hydrogens (primary N) is 1. The summed E-state index contributed by atoms with van der Waals surface area (Å²) in [6.45, 7) is 1.90. The van der Waals surface area contributed by atoms with Crippen molar-refractivity contribution in [1.29, 1.82) is 0 Å². The van der Waals surface area contributed by atoms with Crippen LogP contribution in [0.4, 0.5) is 5.82 Å². The van der Waals surface area contributed by atoms with Gasteiger partial charge in [0.2, 0.25) is 0 Å². The van der Waals surface area contributed by atoms with Crippen molar-refractivity contribution in [3.05, 3.63) is 22.3 Å². The number of hydrogen-bond donors (Lipinski definition) is 2. The third-order valence-corrected chi connectivity index (χ3v) is 2.07. The van der Waals surface area contributed by atoms with Crippen molar-refractivity contribution in [2.24, 2.45) is 0 Å². The molecular weight excluding hydrogens is 196 g/mol. The Labute approximate surface area is 67.2 Å². The zero-order valence-corrected chi connectivity index (χ0v) is 7.09. The Hall–Kier alpha value is -0.770. The summed E-state index contributed by atoms with van der Waals surface area (Å²) in [6, 6.07) is 1.68. The van der Waals surface area contributed by atoms with Gasteiger partial charge in [-0.1, -0.05) is 4.73 Å². The lowest BCUT2D eigenvalue weighted by Gasteiger charge is -1.96. The van der Waals surface area contributed by atoms with E-state index in [9.17, 15) is 0 Å². The number of pyridine rings is 1. The maximum Gasteiger partial charge on any atom is 0.312 e. The van der Waals surface area contributed by atoms with Gasteiger partial charge in [-0.2, -0.15) is 0 Å². The van der Waals surface area contributed by atoms with Crippen molar-refractivity contribution in [2.45, 2.75) is 6.92 Å². The number of hydrogen-bond acceptors (Lipinski definition) is 2. The maximum absolute atomic E-state index is 8.99. The molecule has 1 aromatic heterocycles. The average Bonchev–Trinajstić information content (AvgIpc) is 1.84. The second kappa shape index (κ2) is 2.46. The summed E-state index contributed by atoms with van der Waals surface area (Å²) in [4.78, 5) is 0. The van der Waals surface area contributed by atoms with Crippen LogP contribution in [-0.2, 0) is 0 Å². The van der Waals surface area contributed by atoms with Crippen LogP contribution in [0.5, 0.6) is 0 Å². The molecule has 54 valence electrons. The van der Waals surface area contributed by atoms with E-state index in [0.717, 1.165) is 14.8 Å². The van der Waals surface area contributed by atoms with E-state index in [2.05, 4.69) is 15.9 Å². The summed E-state index contributed by atoms with van der Waals surface area (Å²) in [7, 11) is 0. The van der Waals surface area contributed by atoms with E-state index in [1.165, 1.54) is 6.20 Å². The molecule has 0 amide bonds. The standard InChI is InChI=1S/C6H7BrN2O/c1-4-2-6(8)9(10)3-5(4)7/h2-3,8,10H,1H3/p+1. The van der Waals surface area contributed by atoms with Gasteiger partial charge in [-0.05, 0) is 28.4 Å². The van der Waals surface area contributed by atoms with E-state index in [1.54, 1.807) is 6.07 Å². The van der Waals surface area contributed by atoms with Gasteiger partial charge in [-0.15, -0.1) is 0 Å². The summed E-state index contributed by atoms with van der Waals surface area (Å²) < 4.78 is 1.71. The molecule has 0 aromatic carbocycles. The van der Waals surface area contributed by atoms with E-state index >= 15 is 0 Å². The van der Waals surface area contributed by atoms with Crippen molar-refractivity contribution in [1.82, 2.24) is 0 Å². The van der Waals surface area contributed by atoms with Crippen LogP contribution < -0.4 is 10.5 Å². The molecule has 0 saturated heterocycles. The van der Waals surface area contributed by atoms with Gasteiger partial charge in [0.15, 0.2) is 6.20 Å². The van der Waals surface area contributed by atoms with E-state index in [0.29, 0.717) is 5.82 Å². The Bertz CT molecular complexity index is 212. The first-order chi connectivity index (χ1) is 4.61. The molecule has 0 unspecified atom stereocenters. The number of nitrogen functional groups attached to an aromatic ring is 1. The fraction of sp³-hybridized carbons (Fsp3) is 0.167. The first-order valence-electron chi connectivity index (χ1n) is 2.78. The van der Waals surface area contributed by atoms with Crippen LogP contribution in [-0.4, -0.2) is 5.21 Å². The molecule has 0 atom stereocenters. The smallest absolute Gasteiger partial charge is 0.312 e. The Morgan fingerprint density at radius 3 is 2.80 bits per heavy atom. The lowest BCUT2D eigenvalue weighted by Crippen LogP contribution is -2.33. The highest BCUT2D eigenvalue weighted by molar-refractivity contribution is 9.10. The Balaban J connectivity index is 3.28. The molecular formula is C6H8BrN2O+. The minimum atomic E-state index is 0.334. The van der Waals surface area contributed by atoms with Gasteiger partial charge < -0.3 is 5.21 Å². The van der Waals surface area contributed by atoms with Crippen LogP contribution in [0.25, 0.3) is 0 Å². The van der Waals surface area contributed by atoms with Crippen LogP contribution in [0.2, 0.25) is 0 Å². The van der Waals surface area contributed by atoms with Gasteiger partial charge >= 0.3 is 5.82 Å². The van der Waals surface area contributed by atoms with E-state index in [-0.39, 0.29) is 0 Å². The zero-order chi connectivity index (χ0) is 7.72. The molecule has 0 aliphatic rings. The summed E-state index contributed by atoms with van der Waals surface area (Å²) in [5, 5.41) is 8.99. The molecule has 0 spiro atoms. The molecule has 0 radical (unpaired) electrons. The van der Waals surface area contributed by atoms with Gasteiger partial charge in [0.05, 0.1) is 4.47 Å². The van der Waals surface area contributed by atoms with Crippen molar-refractivity contribution in [3.8, 4) is 0 Å². The van der Waals surface area contributed by atoms with Crippen LogP contribution in [0, 0.1) is 6.92 Å². The Morgan fingerprint density at radius 1 is 1.70 bits per heavy atom. The second-order valence-corrected chi connectivity index (χ2v) is 2.93. The molecule has 0 aliphatic heterocycles. The third kappa shape index (κ3) is 1.21. The molecule has 1 rings (SSSR count). The first kappa shape index (κ1) is 7.34. The first-order valence-corrected chi connectivity index (χ1v) is 3.57. The lowest BCUT2D eigenvalue weighted by atomic mass is 10.3. The molecule has 0 fully saturated rings. The second-order valence-electron chi connectivity index (χ2n) is 2.07. The Morgan fingerprint density at radius 2 is 2.30 bits per heavy atom. The summed E-state index contributed by atoms with van der Waals surface area (Å²) >= 11 is 3.24. The van der Waals surface area contributed by atoms with Crippen molar-refractivity contribution in [3.63, 3.8) is 0 Å². The van der Waals surface area contributed by atoms with E-state index in [1.807, 2.05) is 6.92 Å². The number of nitrogens with zero attached hydrogens (tertiary/aromatic N) is 1. The maximum atomic E-state index is 8.99. The number of rotatable bonds is 0. The number of aryl methyl sites for hydroxylation is 1. The average molecular weight is 204 g/mol. The van der Waals surface area contributed by atoms with Crippen molar-refractivity contribution < 1.29 is 9.94 Å². The van der Waals surface area contributed by atoms with Crippen molar-refractivity contribution in [2.75, 3.05) is 5.73 Å². The highest BCUT2D eigenvalue weighted by Gasteiger charge is 2.04. The SMILES string of the molecule is Cc1cc(N)[n+](O)cc1Br. The predicted molar refractivity (Wildman–Crippen MR) is 40.7 cm³/mol. The molecule has 3 N–H and O–H groups in total. The van der Waals surface area contributed by atoms with E-state index < -0.39 is 0 Å². The summed E-state index contributed by atoms with van der Waals surface area (Å²) in [5.41, 5.74) is 6.38. The van der Waals surface area contributed by atoms with Gasteiger partial charge in [0.25, 0.3) is 0 Å². The minimum Gasteiger partial charge on any atom is -0.350 e. The van der Waals surface area contributed by atoms with Crippen LogP contribution in [0.3, 0.4) is 0 Å². The highest BCUT2D eigenvalue weighted by Crippen LogP contribution is 2.13. The normalized spacial score (nSPS) is 9.80. The monoisotopic (exact) mass is 203 g/mol. The number of aromatic nitrogens is 1. The fourth-order valence-corrected chi connectivity index (χ4v) is 0.949. The van der Waals surface area contributed by atoms with Gasteiger partial charge in [0, 0.05) is 6.07 Å². The molecule has 0 saturated carbocycles. The molecule has 1 heterocycles.